The number of hydrogen-bond donors (Lipinski definition) is 1. The lowest BCUT2D eigenvalue weighted by atomic mass is 10.2. The van der Waals surface area contributed by atoms with Crippen molar-refractivity contribution >= 4 is 16.5 Å². The molecule has 0 amide bonds. The predicted molar refractivity (Wildman–Crippen MR) is 87.7 cm³/mol. The fourth-order valence-electron chi connectivity index (χ4n) is 2.64. The van der Waals surface area contributed by atoms with E-state index < -0.39 is 0 Å². The Bertz CT molecular complexity index is 430. The first-order chi connectivity index (χ1) is 9.47. The molecule has 2 heterocycles. The number of aryl methyl sites for hydroxylation is 1. The molecule has 1 unspecified atom stereocenters. The van der Waals surface area contributed by atoms with E-state index in [1.165, 1.54) is 30.0 Å². The second-order valence-electron chi connectivity index (χ2n) is 6.20. The van der Waals surface area contributed by atoms with Gasteiger partial charge in [0.1, 0.15) is 0 Å². The second-order valence-corrected chi connectivity index (χ2v) is 7.26. The molecule has 1 aliphatic rings. The van der Waals surface area contributed by atoms with E-state index in [-0.39, 0.29) is 0 Å². The molecule has 0 aromatic carbocycles. The smallest absolute Gasteiger partial charge is 0.185 e. The molecular formula is C15H28N4S. The number of nitrogens with zero attached hydrogens (tertiary/aromatic N) is 3. The van der Waals surface area contributed by atoms with Crippen LogP contribution in [0.4, 0.5) is 5.13 Å². The molecule has 0 saturated carbocycles. The van der Waals surface area contributed by atoms with Crippen LogP contribution in [0.1, 0.15) is 37.3 Å². The number of likely N-dealkylation sites (N-methyl/N-ethyl adjacent to an activating group) is 2. The quantitative estimate of drug-likeness (QED) is 0.874. The van der Waals surface area contributed by atoms with E-state index in [4.69, 9.17) is 4.98 Å². The number of anilines is 1. The molecule has 1 saturated heterocycles. The summed E-state index contributed by atoms with van der Waals surface area (Å²) in [6, 6.07) is 1.20. The Balaban J connectivity index is 1.96. The van der Waals surface area contributed by atoms with Crippen LogP contribution in [0.15, 0.2) is 0 Å². The third-order valence-corrected chi connectivity index (χ3v) is 5.31. The highest BCUT2D eigenvalue weighted by atomic mass is 32.1. The van der Waals surface area contributed by atoms with Crippen LogP contribution in [0.3, 0.4) is 0 Å². The molecule has 0 spiro atoms. The molecule has 1 aromatic rings. The van der Waals surface area contributed by atoms with Crippen molar-refractivity contribution in [1.82, 2.24) is 15.2 Å². The topological polar surface area (TPSA) is 31.4 Å². The van der Waals surface area contributed by atoms with Gasteiger partial charge in [0.2, 0.25) is 0 Å². The van der Waals surface area contributed by atoms with Crippen LogP contribution in [0.5, 0.6) is 0 Å². The minimum absolute atomic E-state index is 0.518. The van der Waals surface area contributed by atoms with Gasteiger partial charge in [0, 0.05) is 37.1 Å². The summed E-state index contributed by atoms with van der Waals surface area (Å²) in [5.74, 6) is 0. The lowest BCUT2D eigenvalue weighted by Crippen LogP contribution is -2.36. The predicted octanol–water partition coefficient (Wildman–Crippen LogP) is 2.48. The summed E-state index contributed by atoms with van der Waals surface area (Å²) in [5, 5.41) is 4.63. The van der Waals surface area contributed by atoms with Crippen molar-refractivity contribution in [3.8, 4) is 0 Å². The van der Waals surface area contributed by atoms with Crippen molar-refractivity contribution in [2.45, 2.75) is 52.2 Å². The van der Waals surface area contributed by atoms with Gasteiger partial charge in [-0.15, -0.1) is 11.3 Å². The summed E-state index contributed by atoms with van der Waals surface area (Å²) < 4.78 is 0. The lowest BCUT2D eigenvalue weighted by Gasteiger charge is -2.25. The van der Waals surface area contributed by atoms with Gasteiger partial charge in [0.25, 0.3) is 0 Å². The molecule has 5 heteroatoms. The maximum Gasteiger partial charge on any atom is 0.185 e. The Morgan fingerprint density at radius 3 is 2.85 bits per heavy atom. The zero-order valence-corrected chi connectivity index (χ0v) is 14.3. The van der Waals surface area contributed by atoms with E-state index in [2.05, 4.69) is 50.0 Å². The van der Waals surface area contributed by atoms with Gasteiger partial charge < -0.3 is 15.1 Å². The maximum absolute atomic E-state index is 4.74. The highest BCUT2D eigenvalue weighted by molar-refractivity contribution is 7.15. The van der Waals surface area contributed by atoms with Gasteiger partial charge in [-0.3, -0.25) is 0 Å². The molecule has 1 aliphatic heterocycles. The monoisotopic (exact) mass is 296 g/mol. The fraction of sp³-hybridized carbons (Fsp3) is 0.800. The van der Waals surface area contributed by atoms with Gasteiger partial charge in [-0.2, -0.15) is 0 Å². The van der Waals surface area contributed by atoms with Crippen LogP contribution >= 0.6 is 11.3 Å². The van der Waals surface area contributed by atoms with Gasteiger partial charge in [-0.25, -0.2) is 4.98 Å². The van der Waals surface area contributed by atoms with Gasteiger partial charge in [-0.05, 0) is 33.4 Å². The highest BCUT2D eigenvalue weighted by Crippen LogP contribution is 2.26. The largest absolute Gasteiger partial charge is 0.350 e. The molecule has 1 atom stereocenters. The summed E-state index contributed by atoms with van der Waals surface area (Å²) in [4.78, 5) is 10.9. The van der Waals surface area contributed by atoms with Crippen molar-refractivity contribution in [3.63, 3.8) is 0 Å². The molecule has 2 rings (SSSR count). The zero-order chi connectivity index (χ0) is 14.7. The van der Waals surface area contributed by atoms with Crippen molar-refractivity contribution in [2.75, 3.05) is 32.1 Å². The number of hydrogen-bond acceptors (Lipinski definition) is 5. The molecule has 1 fully saturated rings. The average molecular weight is 296 g/mol. The van der Waals surface area contributed by atoms with Crippen molar-refractivity contribution in [1.29, 1.82) is 0 Å². The minimum atomic E-state index is 0.518. The normalized spacial score (nSPS) is 20.0. The fourth-order valence-corrected chi connectivity index (χ4v) is 3.62. The Hall–Kier alpha value is -0.650. The summed E-state index contributed by atoms with van der Waals surface area (Å²) in [6.45, 7) is 9.73. The summed E-state index contributed by atoms with van der Waals surface area (Å²) in [6.07, 6.45) is 2.64. The maximum atomic E-state index is 4.74. The van der Waals surface area contributed by atoms with Crippen LogP contribution in [-0.2, 0) is 6.54 Å². The van der Waals surface area contributed by atoms with E-state index >= 15 is 0 Å². The van der Waals surface area contributed by atoms with Crippen molar-refractivity contribution < 1.29 is 0 Å². The summed E-state index contributed by atoms with van der Waals surface area (Å²) >= 11 is 1.83. The van der Waals surface area contributed by atoms with Crippen molar-refractivity contribution in [3.05, 3.63) is 10.6 Å². The number of likely N-dealkylation sites (tertiary alicyclic amines) is 1. The van der Waals surface area contributed by atoms with Crippen LogP contribution in [-0.4, -0.2) is 49.2 Å². The zero-order valence-electron chi connectivity index (χ0n) is 13.4. The summed E-state index contributed by atoms with van der Waals surface area (Å²) in [7, 11) is 4.40. The van der Waals surface area contributed by atoms with Gasteiger partial charge in [-0.1, -0.05) is 13.8 Å². The van der Waals surface area contributed by atoms with Gasteiger partial charge in [0.05, 0.1) is 5.69 Å². The first-order valence-corrected chi connectivity index (χ1v) is 8.40. The number of nitrogens with one attached hydrogen (secondary N) is 1. The third kappa shape index (κ3) is 3.93. The molecule has 114 valence electrons. The Labute approximate surface area is 127 Å². The first-order valence-electron chi connectivity index (χ1n) is 7.58. The number of aromatic nitrogens is 1. The van der Waals surface area contributed by atoms with E-state index in [0.717, 1.165) is 18.2 Å². The number of rotatable bonds is 6. The second kappa shape index (κ2) is 6.87. The third-order valence-electron chi connectivity index (χ3n) is 4.03. The van der Waals surface area contributed by atoms with Crippen LogP contribution in [0, 0.1) is 6.92 Å². The van der Waals surface area contributed by atoms with E-state index in [0.29, 0.717) is 12.1 Å². The molecule has 20 heavy (non-hydrogen) atoms. The minimum Gasteiger partial charge on any atom is -0.350 e. The molecule has 0 bridgehead atoms. The summed E-state index contributed by atoms with van der Waals surface area (Å²) in [5.41, 5.74) is 1.17. The molecule has 0 aliphatic carbocycles. The van der Waals surface area contributed by atoms with Gasteiger partial charge in [0.15, 0.2) is 5.13 Å². The standard InChI is InChI=1S/C15H28N4S/c1-11(2)16-9-14-12(3)17-15(20-14)19(5)10-13-7-6-8-18(13)4/h11,13,16H,6-10H2,1-5H3. The van der Waals surface area contributed by atoms with E-state index in [1.54, 1.807) is 0 Å². The molecule has 1 aromatic heterocycles. The average Bonchev–Trinajstić information content (AvgIpc) is 2.94. The number of thiazole rings is 1. The molecule has 0 radical (unpaired) electrons. The van der Waals surface area contributed by atoms with E-state index in [9.17, 15) is 0 Å². The van der Waals surface area contributed by atoms with E-state index in [1.807, 2.05) is 11.3 Å². The Morgan fingerprint density at radius 2 is 2.25 bits per heavy atom. The SMILES string of the molecule is Cc1nc(N(C)CC2CCCN2C)sc1CNC(C)C. The Morgan fingerprint density at radius 1 is 1.50 bits per heavy atom. The molecule has 1 N–H and O–H groups in total. The van der Waals surface area contributed by atoms with Crippen LogP contribution in [0.2, 0.25) is 0 Å². The lowest BCUT2D eigenvalue weighted by molar-refractivity contribution is 0.314. The van der Waals surface area contributed by atoms with Gasteiger partial charge >= 0.3 is 0 Å². The highest BCUT2D eigenvalue weighted by Gasteiger charge is 2.23. The molecular weight excluding hydrogens is 268 g/mol. The first kappa shape index (κ1) is 15.7. The van der Waals surface area contributed by atoms with Crippen LogP contribution < -0.4 is 10.2 Å². The van der Waals surface area contributed by atoms with Crippen molar-refractivity contribution in [2.24, 2.45) is 0 Å². The molecule has 4 nitrogen and oxygen atoms in total. The Kier molecular flexibility index (Phi) is 5.41. The van der Waals surface area contributed by atoms with Crippen LogP contribution in [0.25, 0.3) is 0 Å².